The summed E-state index contributed by atoms with van der Waals surface area (Å²) in [5.74, 6) is 1.48. The standard InChI is InChI=1S/C23H25N3O5S/c27-22-14-32-23(11-17-10-20-21(31-15-30-20)12-19(17)26(28)29)25(22)18-6-8-24(9-7-18)13-16-4-2-1-3-5-16/h1-5,10,12,18,23H,6-9,11,13-15H2. The SMILES string of the molecule is O=C1CSC(Cc2cc3c(cc2[N+](=O)[O-])OCO3)N1C1CCN(Cc2ccccc2)CC1. The van der Waals surface area contributed by atoms with E-state index in [0.29, 0.717) is 29.2 Å². The molecule has 3 aliphatic heterocycles. The van der Waals surface area contributed by atoms with Crippen molar-refractivity contribution in [2.75, 3.05) is 25.6 Å². The summed E-state index contributed by atoms with van der Waals surface area (Å²) in [7, 11) is 0. The van der Waals surface area contributed by atoms with Gasteiger partial charge in [-0.15, -0.1) is 11.8 Å². The van der Waals surface area contributed by atoms with Gasteiger partial charge in [0.1, 0.15) is 0 Å². The molecule has 3 heterocycles. The number of benzene rings is 2. The van der Waals surface area contributed by atoms with Crippen molar-refractivity contribution >= 4 is 23.4 Å². The van der Waals surface area contributed by atoms with Crippen molar-refractivity contribution in [1.29, 1.82) is 0 Å². The van der Waals surface area contributed by atoms with E-state index in [0.717, 1.165) is 32.5 Å². The number of thioether (sulfide) groups is 1. The van der Waals surface area contributed by atoms with Gasteiger partial charge in [0.05, 0.1) is 22.1 Å². The number of amides is 1. The molecular formula is C23H25N3O5S. The van der Waals surface area contributed by atoms with Crippen LogP contribution in [0, 0.1) is 10.1 Å². The lowest BCUT2D eigenvalue weighted by Crippen LogP contribution is -2.48. The van der Waals surface area contributed by atoms with E-state index in [2.05, 4.69) is 29.2 Å². The topological polar surface area (TPSA) is 85.1 Å². The summed E-state index contributed by atoms with van der Waals surface area (Å²) < 4.78 is 10.7. The smallest absolute Gasteiger partial charge is 0.276 e. The fraction of sp³-hybridized carbons (Fsp3) is 0.435. The number of ether oxygens (including phenoxy) is 2. The number of nitro benzene ring substituents is 1. The molecule has 9 heteroatoms. The number of hydrogen-bond acceptors (Lipinski definition) is 7. The zero-order valence-corrected chi connectivity index (χ0v) is 18.5. The highest BCUT2D eigenvalue weighted by Gasteiger charge is 2.39. The minimum atomic E-state index is -0.384. The molecule has 2 saturated heterocycles. The zero-order valence-electron chi connectivity index (χ0n) is 17.6. The third kappa shape index (κ3) is 4.27. The molecule has 1 atom stereocenters. The maximum absolute atomic E-state index is 12.8. The van der Waals surface area contributed by atoms with Gasteiger partial charge in [0.25, 0.3) is 5.69 Å². The lowest BCUT2D eigenvalue weighted by molar-refractivity contribution is -0.385. The minimum absolute atomic E-state index is 0.0202. The monoisotopic (exact) mass is 455 g/mol. The van der Waals surface area contributed by atoms with Crippen molar-refractivity contribution in [3.63, 3.8) is 0 Å². The van der Waals surface area contributed by atoms with Crippen LogP contribution in [-0.2, 0) is 17.8 Å². The van der Waals surface area contributed by atoms with Crippen LogP contribution in [0.3, 0.4) is 0 Å². The van der Waals surface area contributed by atoms with E-state index in [9.17, 15) is 14.9 Å². The second kappa shape index (κ2) is 8.99. The molecule has 0 spiro atoms. The van der Waals surface area contributed by atoms with Gasteiger partial charge >= 0.3 is 0 Å². The van der Waals surface area contributed by atoms with E-state index in [1.165, 1.54) is 11.6 Å². The van der Waals surface area contributed by atoms with Crippen LogP contribution in [0.25, 0.3) is 0 Å². The van der Waals surface area contributed by atoms with Crippen LogP contribution in [0.1, 0.15) is 24.0 Å². The Labute approximate surface area is 190 Å². The minimum Gasteiger partial charge on any atom is -0.454 e. The van der Waals surface area contributed by atoms with Crippen molar-refractivity contribution in [3.05, 3.63) is 63.7 Å². The molecule has 1 unspecified atom stereocenters. The Morgan fingerprint density at radius 2 is 1.81 bits per heavy atom. The Hall–Kier alpha value is -2.78. The summed E-state index contributed by atoms with van der Waals surface area (Å²) in [5, 5.41) is 11.5. The van der Waals surface area contributed by atoms with Crippen LogP contribution in [-0.4, -0.2) is 57.7 Å². The number of carbonyl (C=O) groups is 1. The highest BCUT2D eigenvalue weighted by atomic mass is 32.2. The van der Waals surface area contributed by atoms with Gasteiger partial charge in [-0.1, -0.05) is 30.3 Å². The van der Waals surface area contributed by atoms with E-state index in [4.69, 9.17) is 9.47 Å². The maximum atomic E-state index is 12.8. The van der Waals surface area contributed by atoms with Gasteiger partial charge in [0, 0.05) is 37.7 Å². The molecule has 2 aromatic carbocycles. The molecule has 0 radical (unpaired) electrons. The van der Waals surface area contributed by atoms with Crippen LogP contribution < -0.4 is 9.47 Å². The highest BCUT2D eigenvalue weighted by Crippen LogP contribution is 2.41. The predicted molar refractivity (Wildman–Crippen MR) is 121 cm³/mol. The Bertz CT molecular complexity index is 1010. The average Bonchev–Trinajstić information content (AvgIpc) is 3.40. The number of hydrogen-bond donors (Lipinski definition) is 0. The lowest BCUT2D eigenvalue weighted by atomic mass is 10.0. The van der Waals surface area contributed by atoms with Crippen LogP contribution in [0.5, 0.6) is 11.5 Å². The lowest BCUT2D eigenvalue weighted by Gasteiger charge is -2.39. The molecule has 1 amide bonds. The molecule has 168 valence electrons. The quantitative estimate of drug-likeness (QED) is 0.487. The largest absolute Gasteiger partial charge is 0.454 e. The van der Waals surface area contributed by atoms with Crippen LogP contribution in [0.2, 0.25) is 0 Å². The number of nitrogens with zero attached hydrogens (tertiary/aromatic N) is 3. The molecule has 0 aromatic heterocycles. The fourth-order valence-electron chi connectivity index (χ4n) is 4.77. The molecular weight excluding hydrogens is 430 g/mol. The fourth-order valence-corrected chi connectivity index (χ4v) is 6.00. The van der Waals surface area contributed by atoms with Crippen molar-refractivity contribution in [3.8, 4) is 11.5 Å². The molecule has 0 aliphatic carbocycles. The van der Waals surface area contributed by atoms with Gasteiger partial charge in [-0.2, -0.15) is 0 Å². The third-order valence-corrected chi connectivity index (χ3v) is 7.55. The maximum Gasteiger partial charge on any atom is 0.276 e. The number of rotatable bonds is 6. The molecule has 2 aromatic rings. The molecule has 0 bridgehead atoms. The molecule has 3 aliphatic rings. The predicted octanol–water partition coefficient (Wildman–Crippen LogP) is 3.43. The highest BCUT2D eigenvalue weighted by molar-refractivity contribution is 8.01. The van der Waals surface area contributed by atoms with Gasteiger partial charge in [0.15, 0.2) is 11.5 Å². The Kier molecular flexibility index (Phi) is 5.93. The van der Waals surface area contributed by atoms with E-state index >= 15 is 0 Å². The molecule has 2 fully saturated rings. The number of likely N-dealkylation sites (tertiary alicyclic amines) is 1. The normalized spacial score (nSPS) is 21.3. The van der Waals surface area contributed by atoms with Crippen molar-refractivity contribution < 1.29 is 19.2 Å². The van der Waals surface area contributed by atoms with Gasteiger partial charge in [0.2, 0.25) is 12.7 Å². The van der Waals surface area contributed by atoms with E-state index in [1.54, 1.807) is 17.8 Å². The summed E-state index contributed by atoms with van der Waals surface area (Å²) in [6, 6.07) is 13.7. The van der Waals surface area contributed by atoms with Gasteiger partial charge in [-0.25, -0.2) is 0 Å². The molecule has 8 nitrogen and oxygen atoms in total. The second-order valence-corrected chi connectivity index (χ2v) is 9.52. The summed E-state index contributed by atoms with van der Waals surface area (Å²) in [4.78, 5) is 28.4. The van der Waals surface area contributed by atoms with E-state index < -0.39 is 0 Å². The van der Waals surface area contributed by atoms with Gasteiger partial charge < -0.3 is 14.4 Å². The van der Waals surface area contributed by atoms with E-state index in [1.807, 2.05) is 11.0 Å². The van der Waals surface area contributed by atoms with E-state index in [-0.39, 0.29) is 34.7 Å². The number of fused-ring (bicyclic) bond motifs is 1. The average molecular weight is 456 g/mol. The van der Waals surface area contributed by atoms with Crippen molar-refractivity contribution in [2.45, 2.75) is 37.2 Å². The van der Waals surface area contributed by atoms with Crippen LogP contribution >= 0.6 is 11.8 Å². The first kappa shape index (κ1) is 21.1. The zero-order chi connectivity index (χ0) is 22.1. The number of piperidine rings is 1. The first-order valence-electron chi connectivity index (χ1n) is 10.8. The molecule has 0 N–H and O–H groups in total. The molecule has 32 heavy (non-hydrogen) atoms. The summed E-state index contributed by atoms with van der Waals surface area (Å²) in [5.41, 5.74) is 1.90. The first-order valence-corrected chi connectivity index (χ1v) is 11.9. The van der Waals surface area contributed by atoms with Crippen LogP contribution in [0.4, 0.5) is 5.69 Å². The second-order valence-electron chi connectivity index (χ2n) is 8.35. The van der Waals surface area contributed by atoms with Gasteiger partial charge in [-0.3, -0.25) is 19.8 Å². The van der Waals surface area contributed by atoms with Gasteiger partial charge in [-0.05, 0) is 24.5 Å². The number of nitro groups is 1. The van der Waals surface area contributed by atoms with Crippen molar-refractivity contribution in [1.82, 2.24) is 9.80 Å². The summed E-state index contributed by atoms with van der Waals surface area (Å²) in [6.45, 7) is 2.86. The Morgan fingerprint density at radius 3 is 2.53 bits per heavy atom. The molecule has 5 rings (SSSR count). The van der Waals surface area contributed by atoms with Crippen LogP contribution in [0.15, 0.2) is 42.5 Å². The van der Waals surface area contributed by atoms with Crippen molar-refractivity contribution in [2.24, 2.45) is 0 Å². The molecule has 0 saturated carbocycles. The number of carbonyl (C=O) groups excluding carboxylic acids is 1. The first-order chi connectivity index (χ1) is 15.6. The summed E-state index contributed by atoms with van der Waals surface area (Å²) in [6.07, 6.45) is 2.26. The third-order valence-electron chi connectivity index (χ3n) is 6.36. The Morgan fingerprint density at radius 1 is 1.09 bits per heavy atom. The summed E-state index contributed by atoms with van der Waals surface area (Å²) >= 11 is 1.57. The Balaban J connectivity index is 1.27.